The number of H-pyrrole nitrogens is 1. The molecule has 0 bridgehead atoms. The number of hydrogen-bond acceptors (Lipinski definition) is 4. The lowest BCUT2D eigenvalue weighted by Gasteiger charge is -2.54. The van der Waals surface area contributed by atoms with Gasteiger partial charge in [0.2, 0.25) is 0 Å². The van der Waals surface area contributed by atoms with Gasteiger partial charge in [0.1, 0.15) is 0 Å². The highest BCUT2D eigenvalue weighted by Crippen LogP contribution is 2.42. The van der Waals surface area contributed by atoms with Crippen LogP contribution in [-0.4, -0.2) is 69.6 Å². The highest BCUT2D eigenvalue weighted by molar-refractivity contribution is 5.97. The molecule has 2 fully saturated rings. The summed E-state index contributed by atoms with van der Waals surface area (Å²) in [5.74, 6) is 0.0644. The zero-order chi connectivity index (χ0) is 18.9. The number of likely N-dealkylation sites (tertiary alicyclic amines) is 2. The van der Waals surface area contributed by atoms with Crippen molar-refractivity contribution >= 4 is 16.9 Å². The Hall–Kier alpha value is -2.18. The first-order chi connectivity index (χ1) is 13.2. The SMILES string of the molecule is C/C=C/CN1CCC[C@]2(CO)CCN(C(=O)c3ccc4nc[nH]c4c3)C[C@@H]12. The first-order valence-electron chi connectivity index (χ1n) is 9.85. The molecule has 2 aromatic rings. The van der Waals surface area contributed by atoms with Gasteiger partial charge in [-0.15, -0.1) is 0 Å². The largest absolute Gasteiger partial charge is 0.396 e. The molecule has 1 aromatic carbocycles. The number of piperidine rings is 2. The van der Waals surface area contributed by atoms with Gasteiger partial charge in [0.15, 0.2) is 0 Å². The van der Waals surface area contributed by atoms with Crippen LogP contribution >= 0.6 is 0 Å². The number of rotatable bonds is 4. The van der Waals surface area contributed by atoms with Gasteiger partial charge in [0.05, 0.1) is 24.0 Å². The van der Waals surface area contributed by atoms with Crippen molar-refractivity contribution in [3.05, 3.63) is 42.2 Å². The molecule has 4 rings (SSSR count). The summed E-state index contributed by atoms with van der Waals surface area (Å²) >= 11 is 0. The highest BCUT2D eigenvalue weighted by atomic mass is 16.3. The number of nitrogens with zero attached hydrogens (tertiary/aromatic N) is 3. The summed E-state index contributed by atoms with van der Waals surface area (Å²) < 4.78 is 0. The molecule has 6 heteroatoms. The number of aliphatic hydroxyl groups excluding tert-OH is 1. The molecule has 27 heavy (non-hydrogen) atoms. The van der Waals surface area contributed by atoms with Crippen LogP contribution in [0.5, 0.6) is 0 Å². The number of carbonyl (C=O) groups excluding carboxylic acids is 1. The van der Waals surface area contributed by atoms with Crippen molar-refractivity contribution in [3.63, 3.8) is 0 Å². The minimum Gasteiger partial charge on any atom is -0.396 e. The molecule has 0 spiro atoms. The van der Waals surface area contributed by atoms with Gasteiger partial charge in [-0.2, -0.15) is 0 Å². The number of amides is 1. The number of aromatic nitrogens is 2. The lowest BCUT2D eigenvalue weighted by molar-refractivity contribution is -0.0655. The number of hydrogen-bond donors (Lipinski definition) is 2. The van der Waals surface area contributed by atoms with Gasteiger partial charge in [-0.1, -0.05) is 12.2 Å². The van der Waals surface area contributed by atoms with Crippen LogP contribution in [0.2, 0.25) is 0 Å². The van der Waals surface area contributed by atoms with Crippen molar-refractivity contribution in [3.8, 4) is 0 Å². The molecule has 2 aliphatic rings. The van der Waals surface area contributed by atoms with Gasteiger partial charge in [-0.25, -0.2) is 4.98 Å². The Morgan fingerprint density at radius 2 is 2.30 bits per heavy atom. The summed E-state index contributed by atoms with van der Waals surface area (Å²) in [5.41, 5.74) is 2.37. The van der Waals surface area contributed by atoms with E-state index in [1.807, 2.05) is 30.0 Å². The molecule has 3 heterocycles. The lowest BCUT2D eigenvalue weighted by atomic mass is 9.69. The number of nitrogens with one attached hydrogen (secondary N) is 1. The zero-order valence-corrected chi connectivity index (χ0v) is 15.9. The summed E-state index contributed by atoms with van der Waals surface area (Å²) in [5, 5.41) is 10.2. The van der Waals surface area contributed by atoms with E-state index in [0.29, 0.717) is 18.7 Å². The van der Waals surface area contributed by atoms with E-state index in [-0.39, 0.29) is 24.0 Å². The summed E-state index contributed by atoms with van der Waals surface area (Å²) in [6.07, 6.45) is 8.90. The van der Waals surface area contributed by atoms with E-state index >= 15 is 0 Å². The standard InChI is InChI=1S/C21H28N4O2/c1-2-3-9-24-10-4-7-21(14-26)8-11-25(13-19(21)24)20(27)16-5-6-17-18(12-16)23-15-22-17/h2-3,5-6,12,15,19,26H,4,7-11,13-14H2,1H3,(H,22,23)/b3-2+/t19-,21-/m1/s1. The molecule has 0 radical (unpaired) electrons. The number of aromatic amines is 1. The number of imidazole rings is 1. The van der Waals surface area contributed by atoms with E-state index in [4.69, 9.17) is 0 Å². The van der Waals surface area contributed by atoms with Crippen LogP contribution in [0.25, 0.3) is 11.0 Å². The Morgan fingerprint density at radius 1 is 1.41 bits per heavy atom. The van der Waals surface area contributed by atoms with E-state index in [2.05, 4.69) is 27.0 Å². The monoisotopic (exact) mass is 368 g/mol. The minimum atomic E-state index is -0.0794. The topological polar surface area (TPSA) is 72.5 Å². The van der Waals surface area contributed by atoms with Crippen molar-refractivity contribution in [2.75, 3.05) is 32.8 Å². The molecule has 1 amide bonds. The number of benzene rings is 1. The quantitative estimate of drug-likeness (QED) is 0.813. The predicted molar refractivity (Wildman–Crippen MR) is 106 cm³/mol. The minimum absolute atomic E-state index is 0.0644. The second kappa shape index (κ2) is 7.44. The van der Waals surface area contributed by atoms with Crippen molar-refractivity contribution in [1.82, 2.24) is 19.8 Å². The number of carbonyl (C=O) groups is 1. The summed E-state index contributed by atoms with van der Waals surface area (Å²) in [6, 6.07) is 5.84. The van der Waals surface area contributed by atoms with Crippen molar-refractivity contribution in [2.45, 2.75) is 32.2 Å². The number of fused-ring (bicyclic) bond motifs is 2. The molecule has 2 saturated heterocycles. The third-order valence-electron chi connectivity index (χ3n) is 6.39. The molecule has 0 saturated carbocycles. The molecule has 0 aliphatic carbocycles. The Labute approximate surface area is 159 Å². The van der Waals surface area contributed by atoms with Gasteiger partial charge in [0, 0.05) is 36.7 Å². The van der Waals surface area contributed by atoms with Crippen molar-refractivity contribution < 1.29 is 9.90 Å². The Morgan fingerprint density at radius 3 is 3.11 bits per heavy atom. The van der Waals surface area contributed by atoms with Crippen molar-refractivity contribution in [2.24, 2.45) is 5.41 Å². The van der Waals surface area contributed by atoms with Gasteiger partial charge >= 0.3 is 0 Å². The van der Waals surface area contributed by atoms with Crippen LogP contribution in [0.3, 0.4) is 0 Å². The van der Waals surface area contributed by atoms with Crippen LogP contribution in [0, 0.1) is 5.41 Å². The third kappa shape index (κ3) is 3.28. The van der Waals surface area contributed by atoms with E-state index < -0.39 is 0 Å². The molecule has 0 unspecified atom stereocenters. The van der Waals surface area contributed by atoms with Crippen LogP contribution in [0.1, 0.15) is 36.5 Å². The molecule has 144 valence electrons. The van der Waals surface area contributed by atoms with Crippen LogP contribution < -0.4 is 0 Å². The smallest absolute Gasteiger partial charge is 0.253 e. The molecule has 2 N–H and O–H groups in total. The predicted octanol–water partition coefficient (Wildman–Crippen LogP) is 2.43. The van der Waals surface area contributed by atoms with Crippen LogP contribution in [0.4, 0.5) is 0 Å². The average molecular weight is 368 g/mol. The zero-order valence-electron chi connectivity index (χ0n) is 15.9. The number of aliphatic hydroxyl groups is 1. The van der Waals surface area contributed by atoms with Crippen molar-refractivity contribution in [1.29, 1.82) is 0 Å². The highest BCUT2D eigenvalue weighted by Gasteiger charge is 2.48. The molecular formula is C21H28N4O2. The Bertz CT molecular complexity index is 846. The average Bonchev–Trinajstić information content (AvgIpc) is 3.19. The molecular weight excluding hydrogens is 340 g/mol. The second-order valence-electron chi connectivity index (χ2n) is 7.84. The first-order valence-corrected chi connectivity index (χ1v) is 9.85. The summed E-state index contributed by atoms with van der Waals surface area (Å²) in [4.78, 5) is 24.9. The maximum atomic E-state index is 13.1. The first kappa shape index (κ1) is 18.2. The summed E-state index contributed by atoms with van der Waals surface area (Å²) in [7, 11) is 0. The Balaban J connectivity index is 1.57. The van der Waals surface area contributed by atoms with Gasteiger partial charge in [-0.05, 0) is 50.9 Å². The number of allylic oxidation sites excluding steroid dienone is 1. The van der Waals surface area contributed by atoms with Gasteiger partial charge in [0.25, 0.3) is 5.91 Å². The maximum absolute atomic E-state index is 13.1. The maximum Gasteiger partial charge on any atom is 0.253 e. The second-order valence-corrected chi connectivity index (χ2v) is 7.84. The van der Waals surface area contributed by atoms with E-state index in [1.54, 1.807) is 6.33 Å². The Kier molecular flexibility index (Phi) is 5.02. The fraction of sp³-hybridized carbons (Fsp3) is 0.524. The third-order valence-corrected chi connectivity index (χ3v) is 6.39. The van der Waals surface area contributed by atoms with E-state index in [0.717, 1.165) is 43.4 Å². The molecule has 6 nitrogen and oxygen atoms in total. The van der Waals surface area contributed by atoms with E-state index in [1.165, 1.54) is 0 Å². The van der Waals surface area contributed by atoms with Gasteiger partial charge in [-0.3, -0.25) is 9.69 Å². The van der Waals surface area contributed by atoms with Gasteiger partial charge < -0.3 is 15.0 Å². The normalized spacial score (nSPS) is 26.6. The molecule has 2 atom stereocenters. The molecule has 1 aromatic heterocycles. The fourth-order valence-corrected chi connectivity index (χ4v) is 4.76. The summed E-state index contributed by atoms with van der Waals surface area (Å²) in [6.45, 7) is 5.52. The van der Waals surface area contributed by atoms with E-state index in [9.17, 15) is 9.90 Å². The lowest BCUT2D eigenvalue weighted by Crippen LogP contribution is -2.63. The van der Waals surface area contributed by atoms with Crippen LogP contribution in [-0.2, 0) is 0 Å². The van der Waals surface area contributed by atoms with Crippen LogP contribution in [0.15, 0.2) is 36.7 Å². The molecule has 2 aliphatic heterocycles. The fourth-order valence-electron chi connectivity index (χ4n) is 4.76.